The summed E-state index contributed by atoms with van der Waals surface area (Å²) in [6.45, 7) is 2.66. The van der Waals surface area contributed by atoms with Crippen molar-refractivity contribution in [1.29, 1.82) is 0 Å². The molecule has 2 aliphatic rings. The number of hydrogen-bond donors (Lipinski definition) is 0. The second-order valence-corrected chi connectivity index (χ2v) is 9.81. The molecule has 3 aromatic rings. The molecule has 5 rings (SSSR count). The molecule has 1 aliphatic carbocycles. The fourth-order valence-electron chi connectivity index (χ4n) is 5.28. The highest BCUT2D eigenvalue weighted by molar-refractivity contribution is 5.91. The molecule has 6 heteroatoms. The van der Waals surface area contributed by atoms with Gasteiger partial charge in [-0.3, -0.25) is 0 Å². The van der Waals surface area contributed by atoms with Crippen LogP contribution in [0.2, 0.25) is 0 Å². The molecule has 2 fully saturated rings. The van der Waals surface area contributed by atoms with Crippen LogP contribution in [0.25, 0.3) is 11.1 Å². The Morgan fingerprint density at radius 3 is 2.25 bits per heavy atom. The minimum absolute atomic E-state index is 0.0505. The Labute approximate surface area is 209 Å². The zero-order valence-electron chi connectivity index (χ0n) is 20.2. The number of rotatable bonds is 7. The van der Waals surface area contributed by atoms with Gasteiger partial charge in [-0.1, -0.05) is 44.0 Å². The van der Waals surface area contributed by atoms with Gasteiger partial charge in [0.2, 0.25) is 0 Å². The van der Waals surface area contributed by atoms with E-state index in [1.807, 2.05) is 0 Å². The van der Waals surface area contributed by atoms with Crippen molar-refractivity contribution in [1.82, 2.24) is 0 Å². The number of carbonyl (C=O) groups excluding carboxylic acids is 1. The highest BCUT2D eigenvalue weighted by Gasteiger charge is 2.28. The summed E-state index contributed by atoms with van der Waals surface area (Å²) in [6, 6.07) is 13.6. The first kappa shape index (κ1) is 24.6. The predicted molar refractivity (Wildman–Crippen MR) is 131 cm³/mol. The lowest BCUT2D eigenvalue weighted by atomic mass is 9.77. The average Bonchev–Trinajstić information content (AvgIpc) is 3.72. The monoisotopic (exact) mass is 494 g/mol. The Kier molecular flexibility index (Phi) is 7.15. The molecule has 1 heterocycles. The third-order valence-corrected chi connectivity index (χ3v) is 7.39. The van der Waals surface area contributed by atoms with Gasteiger partial charge in [0.05, 0.1) is 12.2 Å². The van der Waals surface area contributed by atoms with E-state index in [4.69, 9.17) is 9.47 Å². The van der Waals surface area contributed by atoms with Crippen molar-refractivity contribution < 1.29 is 27.4 Å². The quantitative estimate of drug-likeness (QED) is 0.189. The van der Waals surface area contributed by atoms with Crippen molar-refractivity contribution >= 4 is 5.97 Å². The molecule has 1 saturated carbocycles. The van der Waals surface area contributed by atoms with Crippen molar-refractivity contribution in [3.05, 3.63) is 88.7 Å². The molecule has 0 radical (unpaired) electrons. The summed E-state index contributed by atoms with van der Waals surface area (Å²) < 4.78 is 54.6. The second-order valence-electron chi connectivity index (χ2n) is 9.81. The standard InChI is InChI=1S/C30H29F3O3/c1-2-3-18-4-6-19(7-5-18)23-14-15-24(29(33)28(23)32)20-8-10-21(11-9-20)30(34)36-22-12-13-25(26(31)16-22)27-17-35-27/h8-16,18-19,27H,2-7,17H2,1H3. The van der Waals surface area contributed by atoms with Gasteiger partial charge < -0.3 is 9.47 Å². The molecule has 1 unspecified atom stereocenters. The fraction of sp³-hybridized carbons (Fsp3) is 0.367. The summed E-state index contributed by atoms with van der Waals surface area (Å²) >= 11 is 0. The van der Waals surface area contributed by atoms with Gasteiger partial charge in [0.25, 0.3) is 0 Å². The largest absolute Gasteiger partial charge is 0.423 e. The van der Waals surface area contributed by atoms with E-state index in [1.165, 1.54) is 30.7 Å². The van der Waals surface area contributed by atoms with E-state index in [0.717, 1.165) is 38.2 Å². The molecule has 0 aromatic heterocycles. The van der Waals surface area contributed by atoms with Gasteiger partial charge in [-0.15, -0.1) is 0 Å². The van der Waals surface area contributed by atoms with Gasteiger partial charge in [-0.25, -0.2) is 18.0 Å². The van der Waals surface area contributed by atoms with Gasteiger partial charge in [-0.05, 0) is 72.9 Å². The number of epoxide rings is 1. The zero-order chi connectivity index (χ0) is 25.2. The Morgan fingerprint density at radius 2 is 1.61 bits per heavy atom. The van der Waals surface area contributed by atoms with Crippen LogP contribution in [0.15, 0.2) is 54.6 Å². The average molecular weight is 495 g/mol. The number of halogens is 3. The maximum Gasteiger partial charge on any atom is 0.343 e. The van der Waals surface area contributed by atoms with Crippen molar-refractivity contribution in [2.24, 2.45) is 5.92 Å². The van der Waals surface area contributed by atoms with Crippen LogP contribution in [-0.4, -0.2) is 12.6 Å². The molecule has 1 aliphatic heterocycles. The van der Waals surface area contributed by atoms with Crippen molar-refractivity contribution in [2.45, 2.75) is 57.5 Å². The van der Waals surface area contributed by atoms with Crippen LogP contribution < -0.4 is 4.74 Å². The summed E-state index contributed by atoms with van der Waals surface area (Å²) in [5.41, 5.74) is 1.72. The first-order chi connectivity index (χ1) is 17.4. The third kappa shape index (κ3) is 5.19. The van der Waals surface area contributed by atoms with Crippen LogP contribution in [-0.2, 0) is 4.74 Å². The van der Waals surface area contributed by atoms with Crippen LogP contribution in [0.4, 0.5) is 13.2 Å². The van der Waals surface area contributed by atoms with Gasteiger partial charge >= 0.3 is 5.97 Å². The summed E-state index contributed by atoms with van der Waals surface area (Å²) in [7, 11) is 0. The SMILES string of the molecule is CCCC1CCC(c2ccc(-c3ccc(C(=O)Oc4ccc(C5CO5)c(F)c4)cc3)c(F)c2F)CC1. The Morgan fingerprint density at radius 1 is 0.917 bits per heavy atom. The molecule has 3 aromatic carbocycles. The minimum atomic E-state index is -0.867. The summed E-state index contributed by atoms with van der Waals surface area (Å²) in [4.78, 5) is 12.5. The topological polar surface area (TPSA) is 38.8 Å². The van der Waals surface area contributed by atoms with Crippen LogP contribution >= 0.6 is 0 Å². The molecule has 1 atom stereocenters. The van der Waals surface area contributed by atoms with Crippen LogP contribution in [0, 0.1) is 23.4 Å². The molecule has 3 nitrogen and oxygen atoms in total. The fourth-order valence-corrected chi connectivity index (χ4v) is 5.28. The van der Waals surface area contributed by atoms with Crippen LogP contribution in [0.3, 0.4) is 0 Å². The Balaban J connectivity index is 1.27. The first-order valence-corrected chi connectivity index (χ1v) is 12.7. The number of hydrogen-bond acceptors (Lipinski definition) is 3. The van der Waals surface area contributed by atoms with Crippen LogP contribution in [0.5, 0.6) is 5.75 Å². The Hall–Kier alpha value is -3.12. The van der Waals surface area contributed by atoms with E-state index in [9.17, 15) is 9.18 Å². The lowest BCUT2D eigenvalue weighted by Crippen LogP contribution is -2.15. The third-order valence-electron chi connectivity index (χ3n) is 7.39. The van der Waals surface area contributed by atoms with E-state index in [2.05, 4.69) is 6.92 Å². The molecule has 0 N–H and O–H groups in total. The zero-order valence-corrected chi connectivity index (χ0v) is 20.2. The lowest BCUT2D eigenvalue weighted by molar-refractivity contribution is 0.0734. The molecule has 0 spiro atoms. The molecule has 1 saturated heterocycles. The van der Waals surface area contributed by atoms with E-state index < -0.39 is 23.4 Å². The van der Waals surface area contributed by atoms with E-state index in [0.29, 0.717) is 29.2 Å². The number of ether oxygens (including phenoxy) is 2. The lowest BCUT2D eigenvalue weighted by Gasteiger charge is -2.29. The normalized spacial score (nSPS) is 21.3. The second kappa shape index (κ2) is 10.5. The van der Waals surface area contributed by atoms with E-state index in [-0.39, 0.29) is 28.9 Å². The van der Waals surface area contributed by atoms with Gasteiger partial charge in [0.1, 0.15) is 17.7 Å². The molecule has 0 bridgehead atoms. The smallest absolute Gasteiger partial charge is 0.343 e. The van der Waals surface area contributed by atoms with Gasteiger partial charge in [-0.2, -0.15) is 0 Å². The van der Waals surface area contributed by atoms with E-state index >= 15 is 8.78 Å². The van der Waals surface area contributed by atoms with Gasteiger partial charge in [0, 0.05) is 17.2 Å². The molecule has 36 heavy (non-hydrogen) atoms. The predicted octanol–water partition coefficient (Wildman–Crippen LogP) is 8.14. The molecular formula is C30H29F3O3. The van der Waals surface area contributed by atoms with Crippen LogP contribution in [0.1, 0.15) is 79.0 Å². The Bertz CT molecular complexity index is 1240. The molecular weight excluding hydrogens is 465 g/mol. The number of benzene rings is 3. The number of carbonyl (C=O) groups is 1. The minimum Gasteiger partial charge on any atom is -0.423 e. The maximum absolute atomic E-state index is 15.1. The first-order valence-electron chi connectivity index (χ1n) is 12.7. The van der Waals surface area contributed by atoms with Gasteiger partial charge in [0.15, 0.2) is 11.6 Å². The highest BCUT2D eigenvalue weighted by atomic mass is 19.2. The highest BCUT2D eigenvalue weighted by Crippen LogP contribution is 2.40. The summed E-state index contributed by atoms with van der Waals surface area (Å²) in [5, 5.41) is 0. The summed E-state index contributed by atoms with van der Waals surface area (Å²) in [5.74, 6) is -1.98. The molecule has 188 valence electrons. The maximum atomic E-state index is 15.1. The summed E-state index contributed by atoms with van der Waals surface area (Å²) in [6.07, 6.45) is 6.02. The van der Waals surface area contributed by atoms with Crippen molar-refractivity contribution in [3.63, 3.8) is 0 Å². The molecule has 0 amide bonds. The van der Waals surface area contributed by atoms with E-state index in [1.54, 1.807) is 24.3 Å². The van der Waals surface area contributed by atoms with Crippen molar-refractivity contribution in [2.75, 3.05) is 6.61 Å². The van der Waals surface area contributed by atoms with Crippen molar-refractivity contribution in [3.8, 4) is 16.9 Å². The number of esters is 1.